The maximum atomic E-state index is 5.59. The Morgan fingerprint density at radius 1 is 1.32 bits per heavy atom. The maximum Gasteiger partial charge on any atom is 0.240 e. The third-order valence-corrected chi connectivity index (χ3v) is 2.86. The van der Waals surface area contributed by atoms with Crippen LogP contribution < -0.4 is 5.32 Å². The molecule has 2 aromatic rings. The number of rotatable bonds is 3. The molecular formula is C12H15N5O2. The molecule has 1 saturated heterocycles. The highest BCUT2D eigenvalue weighted by Gasteiger charge is 2.18. The Balaban J connectivity index is 1.70. The molecule has 2 aromatic heterocycles. The highest BCUT2D eigenvalue weighted by atomic mass is 16.5. The first-order chi connectivity index (χ1) is 9.31. The van der Waals surface area contributed by atoms with Gasteiger partial charge in [0.05, 0.1) is 19.1 Å². The Morgan fingerprint density at radius 3 is 2.89 bits per heavy atom. The number of nitrogens with zero attached hydrogens (tertiary/aromatic N) is 4. The van der Waals surface area contributed by atoms with Crippen LogP contribution in [0.2, 0.25) is 0 Å². The van der Waals surface area contributed by atoms with Crippen LogP contribution in [0, 0.1) is 6.92 Å². The Labute approximate surface area is 110 Å². The summed E-state index contributed by atoms with van der Waals surface area (Å²) < 4.78 is 10.8. The average molecular weight is 261 g/mol. The second kappa shape index (κ2) is 5.41. The van der Waals surface area contributed by atoms with Crippen molar-refractivity contribution in [3.8, 4) is 11.6 Å². The van der Waals surface area contributed by atoms with Gasteiger partial charge in [0.1, 0.15) is 0 Å². The van der Waals surface area contributed by atoms with Gasteiger partial charge in [-0.25, -0.2) is 9.97 Å². The van der Waals surface area contributed by atoms with E-state index >= 15 is 0 Å². The van der Waals surface area contributed by atoms with Crippen molar-refractivity contribution in [2.75, 3.05) is 19.7 Å². The Morgan fingerprint density at radius 2 is 2.16 bits per heavy atom. The van der Waals surface area contributed by atoms with Gasteiger partial charge in [0.25, 0.3) is 0 Å². The first-order valence-corrected chi connectivity index (χ1v) is 6.25. The van der Waals surface area contributed by atoms with E-state index in [-0.39, 0.29) is 6.10 Å². The minimum Gasteiger partial charge on any atom is -0.375 e. The van der Waals surface area contributed by atoms with E-state index in [1.54, 1.807) is 12.4 Å². The van der Waals surface area contributed by atoms with Gasteiger partial charge in [-0.2, -0.15) is 4.98 Å². The fourth-order valence-electron chi connectivity index (χ4n) is 1.88. The van der Waals surface area contributed by atoms with Gasteiger partial charge < -0.3 is 14.6 Å². The molecule has 0 radical (unpaired) electrons. The zero-order chi connectivity index (χ0) is 13.1. The van der Waals surface area contributed by atoms with E-state index in [0.717, 1.165) is 18.7 Å². The van der Waals surface area contributed by atoms with E-state index in [9.17, 15) is 0 Å². The molecule has 1 fully saturated rings. The van der Waals surface area contributed by atoms with Crippen molar-refractivity contribution in [2.24, 2.45) is 0 Å². The van der Waals surface area contributed by atoms with Gasteiger partial charge in [-0.15, -0.1) is 0 Å². The average Bonchev–Trinajstić information content (AvgIpc) is 2.89. The molecule has 1 aliphatic heterocycles. The van der Waals surface area contributed by atoms with Crippen molar-refractivity contribution in [1.29, 1.82) is 0 Å². The molecule has 1 unspecified atom stereocenters. The predicted molar refractivity (Wildman–Crippen MR) is 66.4 cm³/mol. The summed E-state index contributed by atoms with van der Waals surface area (Å²) in [6.45, 7) is 4.34. The van der Waals surface area contributed by atoms with Crippen molar-refractivity contribution in [3.05, 3.63) is 23.8 Å². The highest BCUT2D eigenvalue weighted by Crippen LogP contribution is 2.12. The van der Waals surface area contributed by atoms with Crippen molar-refractivity contribution < 1.29 is 9.26 Å². The Hall–Kier alpha value is -1.86. The fourth-order valence-corrected chi connectivity index (χ4v) is 1.88. The van der Waals surface area contributed by atoms with E-state index < -0.39 is 0 Å². The summed E-state index contributed by atoms with van der Waals surface area (Å²) in [5, 5.41) is 7.15. The maximum absolute atomic E-state index is 5.59. The molecule has 0 spiro atoms. The summed E-state index contributed by atoms with van der Waals surface area (Å²) in [7, 11) is 0. The quantitative estimate of drug-likeness (QED) is 0.854. The molecule has 0 bridgehead atoms. The van der Waals surface area contributed by atoms with Crippen LogP contribution in [0.1, 0.15) is 11.5 Å². The SMILES string of the molecule is Cc1cnc(-c2noc(CC3CNCCO3)n2)nc1. The van der Waals surface area contributed by atoms with E-state index in [1.165, 1.54) is 0 Å². The van der Waals surface area contributed by atoms with Gasteiger partial charge in [0.15, 0.2) is 0 Å². The number of hydrogen-bond acceptors (Lipinski definition) is 7. The molecule has 100 valence electrons. The van der Waals surface area contributed by atoms with Gasteiger partial charge in [0, 0.05) is 25.5 Å². The van der Waals surface area contributed by atoms with Crippen molar-refractivity contribution >= 4 is 0 Å². The number of aromatic nitrogens is 4. The molecule has 0 amide bonds. The molecular weight excluding hydrogens is 246 g/mol. The number of morpholine rings is 1. The van der Waals surface area contributed by atoms with Gasteiger partial charge in [0.2, 0.25) is 17.5 Å². The number of hydrogen-bond donors (Lipinski definition) is 1. The lowest BCUT2D eigenvalue weighted by atomic mass is 10.2. The van der Waals surface area contributed by atoms with Gasteiger partial charge >= 0.3 is 0 Å². The van der Waals surface area contributed by atoms with Crippen LogP contribution in [0.25, 0.3) is 11.6 Å². The van der Waals surface area contributed by atoms with Crippen LogP contribution in [0.4, 0.5) is 0 Å². The minimum absolute atomic E-state index is 0.0842. The Kier molecular flexibility index (Phi) is 3.47. The fraction of sp³-hybridized carbons (Fsp3) is 0.500. The van der Waals surface area contributed by atoms with Crippen molar-refractivity contribution in [1.82, 2.24) is 25.4 Å². The van der Waals surface area contributed by atoms with Crippen LogP contribution in [0.3, 0.4) is 0 Å². The molecule has 19 heavy (non-hydrogen) atoms. The molecule has 1 N–H and O–H groups in total. The summed E-state index contributed by atoms with van der Waals surface area (Å²) in [5.41, 5.74) is 0.995. The molecule has 7 heteroatoms. The van der Waals surface area contributed by atoms with E-state index in [2.05, 4.69) is 25.4 Å². The van der Waals surface area contributed by atoms with Crippen LogP contribution in [-0.4, -0.2) is 45.9 Å². The van der Waals surface area contributed by atoms with Crippen LogP contribution in [0.5, 0.6) is 0 Å². The first-order valence-electron chi connectivity index (χ1n) is 6.25. The summed E-state index contributed by atoms with van der Waals surface area (Å²) in [6.07, 6.45) is 4.14. The van der Waals surface area contributed by atoms with Crippen molar-refractivity contribution in [2.45, 2.75) is 19.4 Å². The van der Waals surface area contributed by atoms with Crippen LogP contribution in [-0.2, 0) is 11.2 Å². The number of nitrogens with one attached hydrogen (secondary N) is 1. The summed E-state index contributed by atoms with van der Waals surface area (Å²) >= 11 is 0. The first kappa shape index (κ1) is 12.2. The lowest BCUT2D eigenvalue weighted by Gasteiger charge is -2.21. The largest absolute Gasteiger partial charge is 0.375 e. The lowest BCUT2D eigenvalue weighted by molar-refractivity contribution is 0.0246. The predicted octanol–water partition coefficient (Wildman–Crippen LogP) is 0.366. The summed E-state index contributed by atoms with van der Waals surface area (Å²) in [4.78, 5) is 12.6. The molecule has 3 rings (SSSR count). The second-order valence-electron chi connectivity index (χ2n) is 4.50. The third-order valence-electron chi connectivity index (χ3n) is 2.86. The zero-order valence-corrected chi connectivity index (χ0v) is 10.7. The lowest BCUT2D eigenvalue weighted by Crippen LogP contribution is -2.39. The smallest absolute Gasteiger partial charge is 0.240 e. The zero-order valence-electron chi connectivity index (χ0n) is 10.7. The summed E-state index contributed by atoms with van der Waals surface area (Å²) in [5.74, 6) is 1.44. The van der Waals surface area contributed by atoms with Gasteiger partial charge in [-0.05, 0) is 12.5 Å². The highest BCUT2D eigenvalue weighted by molar-refractivity contribution is 5.40. The summed E-state index contributed by atoms with van der Waals surface area (Å²) in [6, 6.07) is 0. The van der Waals surface area contributed by atoms with Crippen LogP contribution in [0.15, 0.2) is 16.9 Å². The van der Waals surface area contributed by atoms with Crippen molar-refractivity contribution in [3.63, 3.8) is 0 Å². The van der Waals surface area contributed by atoms with Crippen LogP contribution >= 0.6 is 0 Å². The monoisotopic (exact) mass is 261 g/mol. The second-order valence-corrected chi connectivity index (χ2v) is 4.50. The molecule has 3 heterocycles. The normalized spacial score (nSPS) is 19.5. The standard InChI is InChI=1S/C12H15N5O2/c1-8-5-14-11(15-6-8)12-16-10(19-17-12)4-9-7-13-2-3-18-9/h5-6,9,13H,2-4,7H2,1H3. The Bertz CT molecular complexity index is 533. The topological polar surface area (TPSA) is 86.0 Å². The van der Waals surface area contributed by atoms with E-state index in [4.69, 9.17) is 9.26 Å². The molecule has 1 atom stereocenters. The van der Waals surface area contributed by atoms with E-state index in [1.807, 2.05) is 6.92 Å². The van der Waals surface area contributed by atoms with Gasteiger partial charge in [-0.1, -0.05) is 5.16 Å². The number of aryl methyl sites for hydroxylation is 1. The van der Waals surface area contributed by atoms with Gasteiger partial charge in [-0.3, -0.25) is 0 Å². The minimum atomic E-state index is 0.0842. The molecule has 0 aromatic carbocycles. The third kappa shape index (κ3) is 2.94. The molecule has 0 saturated carbocycles. The number of ether oxygens (including phenoxy) is 1. The molecule has 7 nitrogen and oxygen atoms in total. The van der Waals surface area contributed by atoms with E-state index in [0.29, 0.717) is 30.6 Å². The molecule has 0 aliphatic carbocycles. The molecule has 1 aliphatic rings.